The number of para-hydroxylation sites is 1. The van der Waals surface area contributed by atoms with Crippen LogP contribution in [0, 0.1) is 0 Å². The molecule has 1 amide bonds. The molecule has 3 aromatic rings. The molecule has 0 radical (unpaired) electrons. The number of fused-ring (bicyclic) bond motifs is 3. The highest BCUT2D eigenvalue weighted by Gasteiger charge is 2.22. The van der Waals surface area contributed by atoms with Gasteiger partial charge in [0.15, 0.2) is 0 Å². The molecular weight excluding hydrogens is 362 g/mol. The van der Waals surface area contributed by atoms with Crippen LogP contribution in [0.1, 0.15) is 32.5 Å². The third-order valence-electron chi connectivity index (χ3n) is 4.20. The zero-order chi connectivity index (χ0) is 18.8. The molecule has 0 saturated heterocycles. The Hall–Kier alpha value is -3.12. The minimum atomic E-state index is -0.375. The van der Waals surface area contributed by atoms with E-state index < -0.39 is 0 Å². The molecule has 0 saturated carbocycles. The quantitative estimate of drug-likeness (QED) is 0.665. The summed E-state index contributed by atoms with van der Waals surface area (Å²) < 4.78 is 10.7. The van der Waals surface area contributed by atoms with Crippen molar-refractivity contribution in [3.63, 3.8) is 0 Å². The molecule has 0 unspecified atom stereocenters. The number of carbonyl (C=O) groups excluding carboxylic acids is 2. The van der Waals surface area contributed by atoms with Gasteiger partial charge in [-0.3, -0.25) is 4.79 Å². The zero-order valence-electron chi connectivity index (χ0n) is 14.7. The van der Waals surface area contributed by atoms with Crippen LogP contribution >= 0.6 is 11.3 Å². The summed E-state index contributed by atoms with van der Waals surface area (Å²) in [7, 11) is 0. The highest BCUT2D eigenvalue weighted by Crippen LogP contribution is 2.42. The number of thiophene rings is 1. The van der Waals surface area contributed by atoms with Crippen LogP contribution in [-0.2, 0) is 11.3 Å². The van der Waals surface area contributed by atoms with Crippen LogP contribution in [-0.4, -0.2) is 18.5 Å². The summed E-state index contributed by atoms with van der Waals surface area (Å²) in [4.78, 5) is 26.0. The van der Waals surface area contributed by atoms with Crippen molar-refractivity contribution in [2.75, 3.05) is 11.9 Å². The van der Waals surface area contributed by atoms with Crippen molar-refractivity contribution in [2.24, 2.45) is 0 Å². The molecule has 5 nitrogen and oxygen atoms in total. The molecule has 1 aliphatic heterocycles. The first kappa shape index (κ1) is 17.3. The fraction of sp³-hybridized carbons (Fsp3) is 0.143. The van der Waals surface area contributed by atoms with Gasteiger partial charge in [0.05, 0.1) is 17.0 Å². The molecule has 0 bridgehead atoms. The number of nitrogens with one attached hydrogen (secondary N) is 1. The van der Waals surface area contributed by atoms with Crippen LogP contribution in [0.5, 0.6) is 5.75 Å². The molecule has 6 heteroatoms. The molecule has 0 atom stereocenters. The molecule has 0 spiro atoms. The molecule has 1 N–H and O–H groups in total. The molecule has 4 rings (SSSR count). The fourth-order valence-electron chi connectivity index (χ4n) is 2.91. The van der Waals surface area contributed by atoms with Crippen molar-refractivity contribution >= 4 is 28.9 Å². The summed E-state index contributed by atoms with van der Waals surface area (Å²) in [5.41, 5.74) is 3.11. The lowest BCUT2D eigenvalue weighted by Crippen LogP contribution is -2.10. The van der Waals surface area contributed by atoms with E-state index in [1.54, 1.807) is 31.2 Å². The number of hydrogen-bond acceptors (Lipinski definition) is 5. The molecule has 0 aliphatic carbocycles. The van der Waals surface area contributed by atoms with Gasteiger partial charge in [-0.1, -0.05) is 12.1 Å². The Labute approximate surface area is 160 Å². The molecular formula is C21H17NO4S. The van der Waals surface area contributed by atoms with Crippen LogP contribution < -0.4 is 10.1 Å². The van der Waals surface area contributed by atoms with E-state index in [4.69, 9.17) is 9.47 Å². The van der Waals surface area contributed by atoms with Crippen LogP contribution in [0.2, 0.25) is 0 Å². The van der Waals surface area contributed by atoms with Gasteiger partial charge in [-0.2, -0.15) is 0 Å². The van der Waals surface area contributed by atoms with Crippen molar-refractivity contribution < 1.29 is 19.1 Å². The highest BCUT2D eigenvalue weighted by molar-refractivity contribution is 7.17. The first-order valence-corrected chi connectivity index (χ1v) is 9.41. The van der Waals surface area contributed by atoms with Crippen molar-refractivity contribution in [1.29, 1.82) is 0 Å². The van der Waals surface area contributed by atoms with E-state index in [-0.39, 0.29) is 11.9 Å². The van der Waals surface area contributed by atoms with E-state index in [0.29, 0.717) is 29.3 Å². The number of carbonyl (C=O) groups is 2. The Morgan fingerprint density at radius 2 is 1.93 bits per heavy atom. The Morgan fingerprint density at radius 1 is 1.15 bits per heavy atom. The van der Waals surface area contributed by atoms with Gasteiger partial charge in [0, 0.05) is 21.7 Å². The van der Waals surface area contributed by atoms with Gasteiger partial charge in [-0.05, 0) is 49.4 Å². The van der Waals surface area contributed by atoms with Crippen molar-refractivity contribution in [3.8, 4) is 16.2 Å². The van der Waals surface area contributed by atoms with Gasteiger partial charge >= 0.3 is 5.97 Å². The predicted octanol–water partition coefficient (Wildman–Crippen LogP) is 4.74. The van der Waals surface area contributed by atoms with Crippen LogP contribution in [0.15, 0.2) is 54.6 Å². The third-order valence-corrected chi connectivity index (χ3v) is 5.41. The molecule has 2 aromatic carbocycles. The summed E-state index contributed by atoms with van der Waals surface area (Å²) in [5, 5.41) is 2.87. The third kappa shape index (κ3) is 3.44. The number of hydrogen-bond donors (Lipinski definition) is 1. The molecule has 0 fully saturated rings. The average molecular weight is 379 g/mol. The van der Waals surface area contributed by atoms with Crippen LogP contribution in [0.4, 0.5) is 5.69 Å². The van der Waals surface area contributed by atoms with Gasteiger partial charge in [0.25, 0.3) is 5.91 Å². The second-order valence-corrected chi connectivity index (χ2v) is 7.05. The fourth-order valence-corrected chi connectivity index (χ4v) is 4.00. The Bertz CT molecular complexity index is 1010. The SMILES string of the molecule is CCOC(=O)c1ccc(NC(=O)c2cc3c(s2)-c2ccccc2OC3)cc1. The van der Waals surface area contributed by atoms with Crippen LogP contribution in [0.25, 0.3) is 10.4 Å². The summed E-state index contributed by atoms with van der Waals surface area (Å²) in [6.07, 6.45) is 0. The van der Waals surface area contributed by atoms with Gasteiger partial charge < -0.3 is 14.8 Å². The second kappa shape index (κ2) is 7.25. The standard InChI is InChI=1S/C21H17NO4S/c1-2-25-21(24)13-7-9-15(10-8-13)22-20(23)18-11-14-12-26-17-6-4-3-5-16(17)19(14)27-18/h3-11H,2,12H2,1H3,(H,22,23). The van der Waals surface area contributed by atoms with E-state index in [1.165, 1.54) is 11.3 Å². The van der Waals surface area contributed by atoms with E-state index >= 15 is 0 Å². The normalized spacial score (nSPS) is 11.7. The number of amides is 1. The number of ether oxygens (including phenoxy) is 2. The topological polar surface area (TPSA) is 64.6 Å². The predicted molar refractivity (Wildman–Crippen MR) is 104 cm³/mol. The number of benzene rings is 2. The Balaban J connectivity index is 1.52. The maximum atomic E-state index is 12.6. The number of anilines is 1. The Morgan fingerprint density at radius 3 is 2.70 bits per heavy atom. The van der Waals surface area contributed by atoms with E-state index in [2.05, 4.69) is 5.32 Å². The minimum Gasteiger partial charge on any atom is -0.488 e. The number of esters is 1. The summed E-state index contributed by atoms with van der Waals surface area (Å²) in [6.45, 7) is 2.55. The molecule has 1 aliphatic rings. The maximum Gasteiger partial charge on any atom is 0.338 e. The van der Waals surface area contributed by atoms with Crippen molar-refractivity contribution in [1.82, 2.24) is 0 Å². The van der Waals surface area contributed by atoms with E-state index in [1.807, 2.05) is 30.3 Å². The smallest absolute Gasteiger partial charge is 0.338 e. The van der Waals surface area contributed by atoms with Gasteiger partial charge in [0.1, 0.15) is 12.4 Å². The monoisotopic (exact) mass is 379 g/mol. The Kier molecular flexibility index (Phi) is 4.64. The van der Waals surface area contributed by atoms with Crippen LogP contribution in [0.3, 0.4) is 0 Å². The average Bonchev–Trinajstić information content (AvgIpc) is 3.14. The summed E-state index contributed by atoms with van der Waals surface area (Å²) in [5.74, 6) is 0.282. The highest BCUT2D eigenvalue weighted by atomic mass is 32.1. The van der Waals surface area contributed by atoms with Crippen molar-refractivity contribution in [3.05, 3.63) is 70.6 Å². The largest absolute Gasteiger partial charge is 0.488 e. The minimum absolute atomic E-state index is 0.184. The van der Waals surface area contributed by atoms with E-state index in [9.17, 15) is 9.59 Å². The molecule has 27 heavy (non-hydrogen) atoms. The maximum absolute atomic E-state index is 12.6. The zero-order valence-corrected chi connectivity index (χ0v) is 15.5. The summed E-state index contributed by atoms with van der Waals surface area (Å²) in [6, 6.07) is 16.4. The first-order chi connectivity index (χ1) is 13.2. The molecule has 1 aromatic heterocycles. The number of rotatable bonds is 4. The van der Waals surface area contributed by atoms with Gasteiger partial charge in [0.2, 0.25) is 0 Å². The summed E-state index contributed by atoms with van der Waals surface area (Å²) >= 11 is 1.45. The molecule has 2 heterocycles. The first-order valence-electron chi connectivity index (χ1n) is 8.59. The van der Waals surface area contributed by atoms with Gasteiger partial charge in [-0.15, -0.1) is 11.3 Å². The lowest BCUT2D eigenvalue weighted by atomic mass is 10.1. The van der Waals surface area contributed by atoms with Gasteiger partial charge in [-0.25, -0.2) is 4.79 Å². The lowest BCUT2D eigenvalue weighted by Gasteiger charge is -2.16. The molecule has 136 valence electrons. The second-order valence-electron chi connectivity index (χ2n) is 6.00. The lowest BCUT2D eigenvalue weighted by molar-refractivity contribution is 0.0526. The van der Waals surface area contributed by atoms with E-state index in [0.717, 1.165) is 21.8 Å². The van der Waals surface area contributed by atoms with Crippen molar-refractivity contribution in [2.45, 2.75) is 13.5 Å².